The van der Waals surface area contributed by atoms with Crippen LogP contribution in [-0.4, -0.2) is 3.31 Å². The van der Waals surface area contributed by atoms with Crippen molar-refractivity contribution in [2.45, 2.75) is 13.8 Å². The van der Waals surface area contributed by atoms with E-state index in [9.17, 15) is 9.69 Å². The average Bonchev–Trinajstić information content (AvgIpc) is 3.49. The van der Waals surface area contributed by atoms with E-state index in [1.807, 2.05) is 0 Å². The normalized spacial score (nSPS) is 14.5. The zero-order chi connectivity index (χ0) is 32.3. The van der Waals surface area contributed by atoms with Crippen molar-refractivity contribution in [2.24, 2.45) is 0 Å². The van der Waals surface area contributed by atoms with Crippen LogP contribution >= 0.6 is 20.9 Å². The van der Waals surface area contributed by atoms with Crippen molar-refractivity contribution in [1.82, 2.24) is 3.31 Å². The van der Waals surface area contributed by atoms with Gasteiger partial charge in [-0.25, -0.2) is 0 Å². The molecule has 0 radical (unpaired) electrons. The standard InChI is InChI=1S/2C18H15P.C6H8N.ClH.Ru/c2*1-4-10-16(11-5-1)19(17-12-6-2-7-13-17)18-14-8-3-9-15-18;1-5-3-4-6(2)7-5;;/h2*1-15H;3-4H,1-2H3;1H;/q;;-1;;/p+1. The van der Waals surface area contributed by atoms with E-state index in [1.165, 1.54) is 43.2 Å². The van der Waals surface area contributed by atoms with Crippen molar-refractivity contribution in [1.29, 1.82) is 0 Å². The zero-order valence-corrected chi connectivity index (χ0v) is 31.1. The van der Waals surface area contributed by atoms with Gasteiger partial charge in [-0.1, -0.05) is 0 Å². The van der Waals surface area contributed by atoms with Crippen molar-refractivity contribution in [3.63, 3.8) is 0 Å². The number of aromatic nitrogens is 1. The minimum absolute atomic E-state index is 1.23. The van der Waals surface area contributed by atoms with Gasteiger partial charge in [-0.3, -0.25) is 0 Å². The number of nitrogens with zero attached hydrogens (tertiary/aromatic N) is 1. The van der Waals surface area contributed by atoms with Gasteiger partial charge in [-0.2, -0.15) is 0 Å². The molecule has 0 aliphatic carbocycles. The first kappa shape index (κ1) is 31.9. The van der Waals surface area contributed by atoms with Crippen LogP contribution in [0.15, 0.2) is 194 Å². The van der Waals surface area contributed by atoms with Gasteiger partial charge >= 0.3 is 288 Å². The number of halogens is 1. The third-order valence-corrected chi connectivity index (χ3v) is 58.0. The molecule has 1 nitrogen and oxygen atoms in total. The maximum absolute atomic E-state index is 9.53. The molecule has 0 unspecified atom stereocenters. The summed E-state index contributed by atoms with van der Waals surface area (Å²) in [5, 5.41) is 8.12. The topological polar surface area (TPSA) is 4.93 Å². The molecule has 1 aromatic heterocycles. The van der Waals surface area contributed by atoms with Crippen LogP contribution in [0, 0.1) is 13.8 Å². The van der Waals surface area contributed by atoms with Crippen LogP contribution in [0.3, 0.4) is 0 Å². The fourth-order valence-electron chi connectivity index (χ4n) is 7.22. The number of hydrogen-bond donors (Lipinski definition) is 0. The van der Waals surface area contributed by atoms with Gasteiger partial charge in [0.15, 0.2) is 0 Å². The Hall–Kier alpha value is -3.63. The first-order valence-electron chi connectivity index (χ1n) is 16.0. The van der Waals surface area contributed by atoms with Gasteiger partial charge in [-0.15, -0.1) is 0 Å². The Morgan fingerprint density at radius 1 is 0.340 bits per heavy atom. The molecule has 1 heterocycles. The van der Waals surface area contributed by atoms with Crippen LogP contribution in [0.5, 0.6) is 0 Å². The van der Waals surface area contributed by atoms with Crippen LogP contribution in [0.2, 0.25) is 0 Å². The molecule has 0 N–H and O–H groups in total. The monoisotopic (exact) mass is 757 g/mol. The summed E-state index contributed by atoms with van der Waals surface area (Å²) in [6.07, 6.45) is 0. The molecule has 6 aromatic carbocycles. The third-order valence-electron chi connectivity index (χ3n) is 9.08. The van der Waals surface area contributed by atoms with Gasteiger partial charge in [0.2, 0.25) is 0 Å². The molecule has 0 atom stereocenters. The summed E-state index contributed by atoms with van der Waals surface area (Å²) < 4.78 is 2.70. The Balaban J connectivity index is 1.85. The second-order valence-corrected chi connectivity index (χ2v) is 41.7. The molecule has 0 fully saturated rings. The van der Waals surface area contributed by atoms with E-state index < -0.39 is 24.2 Å². The number of hydrogen-bond acceptors (Lipinski definition) is 0. The molecule has 7 aromatic rings. The second-order valence-electron chi connectivity index (χ2n) is 11.8. The summed E-state index contributed by atoms with van der Waals surface area (Å²) in [5.74, 6) is 0. The van der Waals surface area contributed by atoms with E-state index in [4.69, 9.17) is 0 Å². The number of rotatable bonds is 9. The molecule has 47 heavy (non-hydrogen) atoms. The molecule has 0 amide bonds. The van der Waals surface area contributed by atoms with Gasteiger partial charge in [0.1, 0.15) is 0 Å². The second kappa shape index (κ2) is 13.5. The van der Waals surface area contributed by atoms with E-state index in [1.54, 1.807) is 0 Å². The zero-order valence-electron chi connectivity index (χ0n) is 26.7. The van der Waals surface area contributed by atoms with Gasteiger partial charge < -0.3 is 0 Å². The van der Waals surface area contributed by atoms with E-state index >= 15 is 0 Å². The van der Waals surface area contributed by atoms with E-state index in [2.05, 4.69) is 211 Å². The molecule has 7 rings (SSSR count). The van der Waals surface area contributed by atoms with Crippen LogP contribution in [0.1, 0.15) is 11.4 Å². The fourth-order valence-corrected chi connectivity index (χ4v) is 71.3. The molecule has 0 spiro atoms. The Labute approximate surface area is 286 Å². The molecule has 0 saturated heterocycles. The quantitative estimate of drug-likeness (QED) is 0.103. The molecule has 0 bridgehead atoms. The number of benzene rings is 6. The minimum atomic E-state index is -4.06. The molecule has 0 aliphatic heterocycles. The molecular weight excluding hydrogens is 717 g/mol. The van der Waals surface area contributed by atoms with Crippen LogP contribution in [-0.2, 0) is 13.1 Å². The maximum atomic E-state index is 9.53. The predicted octanol–water partition coefficient (Wildman–Crippen LogP) is 8.46. The SMILES string of the molecule is Cc1ccc(C)[n]1[Ru]([Cl])([PH](c1ccccc1)(c1ccccc1)c1ccccc1)[PH](c1ccccc1)(c1ccccc1)c1ccccc1. The molecular formula is C42H40ClNP2Ru. The van der Waals surface area contributed by atoms with Crippen LogP contribution in [0.25, 0.3) is 0 Å². The Kier molecular flexibility index (Phi) is 9.16. The van der Waals surface area contributed by atoms with Crippen molar-refractivity contribution >= 4 is 52.7 Å². The Morgan fingerprint density at radius 2 is 0.532 bits per heavy atom. The van der Waals surface area contributed by atoms with Crippen LogP contribution < -0.4 is 31.8 Å². The Morgan fingerprint density at radius 3 is 0.723 bits per heavy atom. The summed E-state index contributed by atoms with van der Waals surface area (Å²) in [6, 6.07) is 72.5. The first-order valence-corrected chi connectivity index (χ1v) is 27.9. The summed E-state index contributed by atoms with van der Waals surface area (Å²) in [7, 11) is 9.53. The molecule has 5 heteroatoms. The van der Waals surface area contributed by atoms with Gasteiger partial charge in [0, 0.05) is 0 Å². The van der Waals surface area contributed by atoms with Crippen molar-refractivity contribution < 1.29 is 13.1 Å². The number of aryl methyl sites for hydroxylation is 2. The fraction of sp³-hybridized carbons (Fsp3) is 0.0476. The van der Waals surface area contributed by atoms with Crippen molar-refractivity contribution in [2.75, 3.05) is 0 Å². The molecule has 238 valence electrons. The van der Waals surface area contributed by atoms with Gasteiger partial charge in [0.05, 0.1) is 0 Å². The summed E-state index contributed by atoms with van der Waals surface area (Å²) in [6.45, 7) is 4.54. The molecule has 0 aliphatic rings. The third kappa shape index (κ3) is 5.01. The van der Waals surface area contributed by atoms with Crippen LogP contribution in [0.4, 0.5) is 0 Å². The average molecular weight is 757 g/mol. The van der Waals surface area contributed by atoms with E-state index in [-0.39, 0.29) is 0 Å². The summed E-state index contributed by atoms with van der Waals surface area (Å²) in [4.78, 5) is 0. The van der Waals surface area contributed by atoms with Gasteiger partial charge in [-0.05, 0) is 0 Å². The van der Waals surface area contributed by atoms with E-state index in [0.29, 0.717) is 0 Å². The molecule has 0 saturated carbocycles. The Bertz CT molecular complexity index is 1710. The predicted molar refractivity (Wildman–Crippen MR) is 208 cm³/mol. The first-order chi connectivity index (χ1) is 23.1. The summed E-state index contributed by atoms with van der Waals surface area (Å²) in [5.41, 5.74) is -3.89. The van der Waals surface area contributed by atoms with Crippen molar-refractivity contribution in [3.8, 4) is 0 Å². The summed E-state index contributed by atoms with van der Waals surface area (Å²) >= 11 is -4.06. The van der Waals surface area contributed by atoms with Crippen molar-refractivity contribution in [3.05, 3.63) is 206 Å². The van der Waals surface area contributed by atoms with E-state index in [0.717, 1.165) is 0 Å². The van der Waals surface area contributed by atoms with Gasteiger partial charge in [0.25, 0.3) is 0 Å².